The molecule has 5 aromatic carbocycles. The Morgan fingerprint density at radius 1 is 0.870 bits per heavy atom. The number of anilines is 3. The molecule has 0 spiro atoms. The molecule has 0 bridgehead atoms. The molecule has 0 radical (unpaired) electrons. The maximum Gasteiger partial charge on any atom is 0.276 e. The summed E-state index contributed by atoms with van der Waals surface area (Å²) in [6.07, 6.45) is -0.955. The van der Waals surface area contributed by atoms with Crippen LogP contribution in [0.2, 0.25) is 0 Å². The summed E-state index contributed by atoms with van der Waals surface area (Å²) >= 11 is 0. The fraction of sp³-hybridized carbons (Fsp3) is 0.114. The van der Waals surface area contributed by atoms with Gasteiger partial charge in [0, 0.05) is 24.0 Å². The summed E-state index contributed by atoms with van der Waals surface area (Å²) in [5, 5.41) is 12.3. The van der Waals surface area contributed by atoms with Gasteiger partial charge in [-0.1, -0.05) is 60.2 Å². The number of hydrogen-bond acceptors (Lipinski definition) is 7. The third kappa shape index (κ3) is 5.87. The first-order chi connectivity index (χ1) is 22.2. The van der Waals surface area contributed by atoms with Crippen LogP contribution < -0.4 is 19.3 Å². The molecule has 1 heterocycles. The second kappa shape index (κ2) is 12.4. The number of carbonyl (C=O) groups is 1. The number of nitrogens with one attached hydrogen (secondary N) is 1. The van der Waals surface area contributed by atoms with Gasteiger partial charge in [-0.15, -0.1) is 0 Å². The molecule has 0 fully saturated rings. The van der Waals surface area contributed by atoms with E-state index >= 15 is 0 Å². The monoisotopic (exact) mass is 634 g/mol. The van der Waals surface area contributed by atoms with Gasteiger partial charge in [-0.25, -0.2) is 8.42 Å². The van der Waals surface area contributed by atoms with Crippen LogP contribution >= 0.6 is 0 Å². The number of fused-ring (bicyclic) bond motifs is 1. The highest BCUT2D eigenvalue weighted by atomic mass is 32.2. The fourth-order valence-electron chi connectivity index (χ4n) is 5.58. The highest BCUT2D eigenvalue weighted by molar-refractivity contribution is 7.92. The molecule has 1 aliphatic rings. The molecule has 1 N–H and O–H groups in total. The molecule has 0 aliphatic carbocycles. The van der Waals surface area contributed by atoms with Crippen molar-refractivity contribution in [2.24, 2.45) is 0 Å². The SMILES string of the molecule is COc1ccc(N2C(=O)c3cc(S(=O)(=O)Nc4ccc(C)cc4)ccc3N(Cc3ccccc3)[C@H]2c2ccccc2[N+](=O)[O-])cc1. The number of ether oxygens (including phenoxy) is 1. The second-order valence-electron chi connectivity index (χ2n) is 10.8. The number of methoxy groups -OCH3 is 1. The number of rotatable bonds is 9. The number of nitro groups is 1. The zero-order valence-corrected chi connectivity index (χ0v) is 25.8. The zero-order chi connectivity index (χ0) is 32.4. The zero-order valence-electron chi connectivity index (χ0n) is 25.0. The molecule has 1 amide bonds. The number of hydrogen-bond donors (Lipinski definition) is 1. The van der Waals surface area contributed by atoms with Crippen LogP contribution in [-0.4, -0.2) is 26.4 Å². The van der Waals surface area contributed by atoms with Crippen LogP contribution in [0.25, 0.3) is 0 Å². The number of para-hydroxylation sites is 1. The van der Waals surface area contributed by atoms with Crippen LogP contribution in [0.1, 0.15) is 33.2 Å². The predicted molar refractivity (Wildman–Crippen MR) is 177 cm³/mol. The van der Waals surface area contributed by atoms with Gasteiger partial charge in [0.1, 0.15) is 11.9 Å². The Labute approximate surface area is 266 Å². The van der Waals surface area contributed by atoms with Crippen LogP contribution in [0.4, 0.5) is 22.7 Å². The quantitative estimate of drug-likeness (QED) is 0.136. The lowest BCUT2D eigenvalue weighted by atomic mass is 9.98. The number of amides is 1. The Morgan fingerprint density at radius 2 is 1.54 bits per heavy atom. The van der Waals surface area contributed by atoms with E-state index in [9.17, 15) is 23.3 Å². The van der Waals surface area contributed by atoms with Crippen molar-refractivity contribution < 1.29 is 22.9 Å². The molecule has 0 saturated heterocycles. The lowest BCUT2D eigenvalue weighted by Gasteiger charge is -2.45. The molecule has 6 rings (SSSR count). The van der Waals surface area contributed by atoms with E-state index in [2.05, 4.69) is 4.72 Å². The molecule has 0 unspecified atom stereocenters. The van der Waals surface area contributed by atoms with Crippen molar-refractivity contribution in [2.45, 2.75) is 24.5 Å². The van der Waals surface area contributed by atoms with Gasteiger partial charge in [0.2, 0.25) is 0 Å². The Morgan fingerprint density at radius 3 is 2.22 bits per heavy atom. The van der Waals surface area contributed by atoms with Crippen molar-refractivity contribution in [3.05, 3.63) is 154 Å². The topological polar surface area (TPSA) is 122 Å². The standard InChI is InChI=1S/C35H30N4O6S/c1-24-12-14-26(15-13-24)36-46(43,44)29-20-21-32-31(22-29)35(40)38(27-16-18-28(45-2)19-17-27)34(30-10-6-7-11-33(30)39(41)42)37(32)23-25-8-4-3-5-9-25/h3-22,34,36H,23H2,1-2H3/t34-/m1/s1. The number of sulfonamides is 1. The fourth-order valence-corrected chi connectivity index (χ4v) is 6.67. The van der Waals surface area contributed by atoms with Gasteiger partial charge in [-0.2, -0.15) is 0 Å². The third-order valence-corrected chi connectivity index (χ3v) is 9.22. The van der Waals surface area contributed by atoms with E-state index in [1.165, 1.54) is 30.2 Å². The first-order valence-electron chi connectivity index (χ1n) is 14.4. The summed E-state index contributed by atoms with van der Waals surface area (Å²) in [6.45, 7) is 2.17. The van der Waals surface area contributed by atoms with E-state index in [1.54, 1.807) is 72.8 Å². The molecular formula is C35H30N4O6S. The van der Waals surface area contributed by atoms with Crippen LogP contribution in [0.5, 0.6) is 5.75 Å². The Bertz CT molecular complexity index is 2020. The van der Waals surface area contributed by atoms with Crippen molar-refractivity contribution >= 4 is 38.7 Å². The second-order valence-corrected chi connectivity index (χ2v) is 12.5. The van der Waals surface area contributed by atoms with E-state index in [4.69, 9.17) is 4.74 Å². The summed E-state index contributed by atoms with van der Waals surface area (Å²) < 4.78 is 35.0. The Balaban J connectivity index is 1.56. The van der Waals surface area contributed by atoms with E-state index < -0.39 is 27.0 Å². The first kappa shape index (κ1) is 30.4. The number of nitro benzene ring substituents is 1. The summed E-state index contributed by atoms with van der Waals surface area (Å²) in [5.41, 5.74) is 3.43. The van der Waals surface area contributed by atoms with E-state index in [0.717, 1.165) is 11.1 Å². The molecule has 10 nitrogen and oxygen atoms in total. The van der Waals surface area contributed by atoms with Crippen LogP contribution in [0.15, 0.2) is 126 Å². The third-order valence-electron chi connectivity index (χ3n) is 7.84. The van der Waals surface area contributed by atoms with Crippen LogP contribution in [0.3, 0.4) is 0 Å². The highest BCUT2D eigenvalue weighted by Crippen LogP contribution is 2.45. The van der Waals surface area contributed by atoms with E-state index in [-0.39, 0.29) is 22.7 Å². The molecule has 46 heavy (non-hydrogen) atoms. The average Bonchev–Trinajstić information content (AvgIpc) is 3.07. The van der Waals surface area contributed by atoms with Gasteiger partial charge in [-0.05, 0) is 73.2 Å². The van der Waals surface area contributed by atoms with Crippen molar-refractivity contribution in [3.63, 3.8) is 0 Å². The van der Waals surface area contributed by atoms with Crippen molar-refractivity contribution in [3.8, 4) is 5.75 Å². The minimum absolute atomic E-state index is 0.0985. The molecule has 1 aliphatic heterocycles. The molecule has 0 saturated carbocycles. The maximum absolute atomic E-state index is 14.6. The molecule has 1 atom stereocenters. The normalized spacial score (nSPS) is 14.5. The number of benzene rings is 5. The van der Waals surface area contributed by atoms with Gasteiger partial charge >= 0.3 is 0 Å². The smallest absolute Gasteiger partial charge is 0.276 e. The van der Waals surface area contributed by atoms with Crippen molar-refractivity contribution in [2.75, 3.05) is 21.6 Å². The average molecular weight is 635 g/mol. The summed E-state index contributed by atoms with van der Waals surface area (Å²) in [5.74, 6) is 0.0487. The predicted octanol–water partition coefficient (Wildman–Crippen LogP) is 7.08. The van der Waals surface area contributed by atoms with Gasteiger partial charge in [0.05, 0.1) is 33.7 Å². The van der Waals surface area contributed by atoms with Gasteiger partial charge in [0.25, 0.3) is 21.6 Å². The van der Waals surface area contributed by atoms with Gasteiger partial charge in [0.15, 0.2) is 0 Å². The molecule has 5 aromatic rings. The Hall–Kier alpha value is -5.68. The Kier molecular flexibility index (Phi) is 8.16. The molecular weight excluding hydrogens is 604 g/mol. The molecule has 232 valence electrons. The van der Waals surface area contributed by atoms with E-state index in [0.29, 0.717) is 28.4 Å². The number of nitrogens with zero attached hydrogens (tertiary/aromatic N) is 3. The molecule has 0 aromatic heterocycles. The first-order valence-corrected chi connectivity index (χ1v) is 15.9. The lowest BCUT2D eigenvalue weighted by Crippen LogP contribution is -2.49. The highest BCUT2D eigenvalue weighted by Gasteiger charge is 2.42. The summed E-state index contributed by atoms with van der Waals surface area (Å²) in [7, 11) is -2.55. The number of carbonyl (C=O) groups excluding carboxylic acids is 1. The van der Waals surface area contributed by atoms with Crippen LogP contribution in [-0.2, 0) is 16.6 Å². The van der Waals surface area contributed by atoms with Gasteiger partial charge in [-0.3, -0.25) is 24.5 Å². The summed E-state index contributed by atoms with van der Waals surface area (Å²) in [4.78, 5) is 29.7. The maximum atomic E-state index is 14.6. The number of aryl methyl sites for hydroxylation is 1. The van der Waals surface area contributed by atoms with Crippen LogP contribution in [0, 0.1) is 17.0 Å². The van der Waals surface area contributed by atoms with Gasteiger partial charge < -0.3 is 9.64 Å². The lowest BCUT2D eigenvalue weighted by molar-refractivity contribution is -0.385. The minimum atomic E-state index is -4.08. The minimum Gasteiger partial charge on any atom is -0.497 e. The molecule has 11 heteroatoms. The van der Waals surface area contributed by atoms with Crippen molar-refractivity contribution in [1.82, 2.24) is 0 Å². The van der Waals surface area contributed by atoms with E-state index in [1.807, 2.05) is 42.2 Å². The largest absolute Gasteiger partial charge is 0.497 e. The van der Waals surface area contributed by atoms with Crippen molar-refractivity contribution in [1.29, 1.82) is 0 Å². The summed E-state index contributed by atoms with van der Waals surface area (Å²) in [6, 6.07) is 34.0.